The van der Waals surface area contributed by atoms with Gasteiger partial charge in [0, 0.05) is 17.1 Å². The summed E-state index contributed by atoms with van der Waals surface area (Å²) in [6.07, 6.45) is 2.22. The number of aryl methyl sites for hydroxylation is 2. The molecule has 0 atom stereocenters. The van der Waals surface area contributed by atoms with Crippen molar-refractivity contribution in [3.05, 3.63) is 17.0 Å². The molecule has 0 amide bonds. The fourth-order valence-electron chi connectivity index (χ4n) is 1.22. The molecule has 2 N–H and O–H groups in total. The van der Waals surface area contributed by atoms with Crippen molar-refractivity contribution in [1.82, 2.24) is 9.97 Å². The SMILES string of the molecule is Cc1nc(SCCCCN)nc(C)c1C. The van der Waals surface area contributed by atoms with E-state index in [2.05, 4.69) is 16.9 Å². The van der Waals surface area contributed by atoms with Gasteiger partial charge in [-0.3, -0.25) is 0 Å². The van der Waals surface area contributed by atoms with Crippen molar-refractivity contribution in [2.75, 3.05) is 12.3 Å². The van der Waals surface area contributed by atoms with Gasteiger partial charge >= 0.3 is 0 Å². The van der Waals surface area contributed by atoms with E-state index in [1.807, 2.05) is 13.8 Å². The van der Waals surface area contributed by atoms with Crippen LogP contribution in [0.4, 0.5) is 0 Å². The van der Waals surface area contributed by atoms with E-state index in [1.54, 1.807) is 11.8 Å². The number of nitrogens with two attached hydrogens (primary N) is 1. The van der Waals surface area contributed by atoms with Crippen LogP contribution in [-0.2, 0) is 0 Å². The second kappa shape index (κ2) is 6.08. The molecule has 1 heterocycles. The third kappa shape index (κ3) is 3.80. The molecular formula is C11H19N3S. The Bertz CT molecular complexity index is 303. The van der Waals surface area contributed by atoms with Gasteiger partial charge in [0.25, 0.3) is 0 Å². The number of nitrogens with zero attached hydrogens (tertiary/aromatic N) is 2. The maximum Gasteiger partial charge on any atom is 0.187 e. The van der Waals surface area contributed by atoms with Crippen molar-refractivity contribution in [2.45, 2.75) is 38.8 Å². The molecule has 0 aliphatic rings. The normalized spacial score (nSPS) is 10.7. The van der Waals surface area contributed by atoms with Crippen molar-refractivity contribution >= 4 is 11.8 Å². The molecule has 1 aromatic heterocycles. The second-order valence-electron chi connectivity index (χ2n) is 3.65. The van der Waals surface area contributed by atoms with Crippen molar-refractivity contribution in [3.8, 4) is 0 Å². The van der Waals surface area contributed by atoms with Crippen LogP contribution in [0, 0.1) is 20.8 Å². The lowest BCUT2D eigenvalue weighted by molar-refractivity contribution is 0.810. The van der Waals surface area contributed by atoms with Crippen LogP contribution >= 0.6 is 11.8 Å². The zero-order valence-corrected chi connectivity index (χ0v) is 10.5. The number of hydrogen-bond donors (Lipinski definition) is 1. The number of hydrogen-bond acceptors (Lipinski definition) is 4. The lowest BCUT2D eigenvalue weighted by Gasteiger charge is -2.06. The summed E-state index contributed by atoms with van der Waals surface area (Å²) in [5.74, 6) is 1.05. The molecule has 0 saturated carbocycles. The molecule has 0 bridgehead atoms. The van der Waals surface area contributed by atoms with E-state index in [9.17, 15) is 0 Å². The fourth-order valence-corrected chi connectivity index (χ4v) is 2.15. The van der Waals surface area contributed by atoms with E-state index in [1.165, 1.54) is 5.56 Å². The number of thioether (sulfide) groups is 1. The number of unbranched alkanes of at least 4 members (excludes halogenated alkanes) is 1. The first kappa shape index (κ1) is 12.5. The van der Waals surface area contributed by atoms with E-state index < -0.39 is 0 Å². The van der Waals surface area contributed by atoms with Crippen molar-refractivity contribution < 1.29 is 0 Å². The van der Waals surface area contributed by atoms with Gasteiger partial charge < -0.3 is 5.73 Å². The minimum Gasteiger partial charge on any atom is -0.330 e. The third-order valence-corrected chi connectivity index (χ3v) is 3.38. The predicted molar refractivity (Wildman–Crippen MR) is 65.3 cm³/mol. The van der Waals surface area contributed by atoms with Crippen LogP contribution in [0.3, 0.4) is 0 Å². The molecule has 0 spiro atoms. The van der Waals surface area contributed by atoms with Crippen LogP contribution < -0.4 is 5.73 Å². The summed E-state index contributed by atoms with van der Waals surface area (Å²) < 4.78 is 0. The van der Waals surface area contributed by atoms with E-state index in [0.717, 1.165) is 41.7 Å². The lowest BCUT2D eigenvalue weighted by atomic mass is 10.2. The first-order chi connectivity index (χ1) is 7.15. The molecule has 0 aromatic carbocycles. The van der Waals surface area contributed by atoms with Crippen molar-refractivity contribution in [3.63, 3.8) is 0 Å². The summed E-state index contributed by atoms with van der Waals surface area (Å²) in [7, 11) is 0. The highest BCUT2D eigenvalue weighted by Gasteiger charge is 2.04. The van der Waals surface area contributed by atoms with Gasteiger partial charge in [-0.15, -0.1) is 0 Å². The minimum atomic E-state index is 0.771. The van der Waals surface area contributed by atoms with Crippen molar-refractivity contribution in [2.24, 2.45) is 5.73 Å². The highest BCUT2D eigenvalue weighted by Crippen LogP contribution is 2.17. The quantitative estimate of drug-likeness (QED) is 0.474. The van der Waals surface area contributed by atoms with E-state index in [4.69, 9.17) is 5.73 Å². The Morgan fingerprint density at radius 1 is 1.07 bits per heavy atom. The van der Waals surface area contributed by atoms with Crippen LogP contribution in [0.1, 0.15) is 29.8 Å². The van der Waals surface area contributed by atoms with Crippen LogP contribution in [0.25, 0.3) is 0 Å². The zero-order valence-electron chi connectivity index (χ0n) is 9.71. The Labute approximate surface area is 95.9 Å². The average molecular weight is 225 g/mol. The summed E-state index contributed by atoms with van der Waals surface area (Å²) in [6, 6.07) is 0. The molecule has 84 valence electrons. The summed E-state index contributed by atoms with van der Waals surface area (Å²) in [6.45, 7) is 6.91. The first-order valence-electron chi connectivity index (χ1n) is 5.30. The number of rotatable bonds is 5. The van der Waals surface area contributed by atoms with Gasteiger partial charge in [-0.05, 0) is 45.7 Å². The van der Waals surface area contributed by atoms with E-state index >= 15 is 0 Å². The summed E-state index contributed by atoms with van der Waals surface area (Å²) >= 11 is 1.72. The topological polar surface area (TPSA) is 51.8 Å². The van der Waals surface area contributed by atoms with E-state index in [0.29, 0.717) is 0 Å². The van der Waals surface area contributed by atoms with Gasteiger partial charge in [0.05, 0.1) is 0 Å². The first-order valence-corrected chi connectivity index (χ1v) is 6.28. The van der Waals surface area contributed by atoms with Gasteiger partial charge in [-0.25, -0.2) is 9.97 Å². The Morgan fingerprint density at radius 2 is 1.67 bits per heavy atom. The Kier molecular flexibility index (Phi) is 5.05. The Hall–Kier alpha value is -0.610. The molecule has 0 aliphatic heterocycles. The third-order valence-electron chi connectivity index (χ3n) is 2.44. The highest BCUT2D eigenvalue weighted by molar-refractivity contribution is 7.99. The molecule has 0 saturated heterocycles. The van der Waals surface area contributed by atoms with Gasteiger partial charge in [0.15, 0.2) is 5.16 Å². The highest BCUT2D eigenvalue weighted by atomic mass is 32.2. The van der Waals surface area contributed by atoms with Crippen LogP contribution in [0.15, 0.2) is 5.16 Å². The Balaban J connectivity index is 2.55. The minimum absolute atomic E-state index is 0.771. The monoisotopic (exact) mass is 225 g/mol. The largest absolute Gasteiger partial charge is 0.330 e. The van der Waals surface area contributed by atoms with Gasteiger partial charge in [-0.2, -0.15) is 0 Å². The summed E-state index contributed by atoms with van der Waals surface area (Å²) in [5.41, 5.74) is 8.80. The maximum atomic E-state index is 5.44. The molecule has 1 rings (SSSR count). The number of aromatic nitrogens is 2. The Morgan fingerprint density at radius 3 is 2.20 bits per heavy atom. The maximum absolute atomic E-state index is 5.44. The molecule has 0 fully saturated rings. The van der Waals surface area contributed by atoms with Gasteiger partial charge in [-0.1, -0.05) is 11.8 Å². The van der Waals surface area contributed by atoms with E-state index in [-0.39, 0.29) is 0 Å². The molecule has 3 nitrogen and oxygen atoms in total. The molecule has 0 aliphatic carbocycles. The molecule has 0 radical (unpaired) electrons. The lowest BCUT2D eigenvalue weighted by Crippen LogP contribution is -2.00. The van der Waals surface area contributed by atoms with Gasteiger partial charge in [0.2, 0.25) is 0 Å². The molecule has 4 heteroatoms. The molecule has 0 unspecified atom stereocenters. The second-order valence-corrected chi connectivity index (χ2v) is 4.71. The van der Waals surface area contributed by atoms with Crippen LogP contribution in [0.5, 0.6) is 0 Å². The van der Waals surface area contributed by atoms with Crippen LogP contribution in [0.2, 0.25) is 0 Å². The summed E-state index contributed by atoms with van der Waals surface area (Å²) in [5, 5.41) is 0.896. The predicted octanol–water partition coefficient (Wildman–Crippen LogP) is 2.23. The van der Waals surface area contributed by atoms with Crippen molar-refractivity contribution in [1.29, 1.82) is 0 Å². The van der Waals surface area contributed by atoms with Gasteiger partial charge in [0.1, 0.15) is 0 Å². The standard InChI is InChI=1S/C11H19N3S/c1-8-9(2)13-11(14-10(8)3)15-7-5-4-6-12/h4-7,12H2,1-3H3. The fraction of sp³-hybridized carbons (Fsp3) is 0.636. The molecule has 1 aromatic rings. The molecule has 15 heavy (non-hydrogen) atoms. The van der Waals surface area contributed by atoms with Crippen LogP contribution in [-0.4, -0.2) is 22.3 Å². The average Bonchev–Trinajstić information content (AvgIpc) is 2.21. The smallest absolute Gasteiger partial charge is 0.187 e. The zero-order chi connectivity index (χ0) is 11.3. The summed E-state index contributed by atoms with van der Waals surface area (Å²) in [4.78, 5) is 8.90. The molecular weight excluding hydrogens is 206 g/mol.